The summed E-state index contributed by atoms with van der Waals surface area (Å²) < 4.78 is 27.5. The Labute approximate surface area is 145 Å². The number of carbonyl (C=O) groups excluding carboxylic acids is 1. The van der Waals surface area contributed by atoms with Gasteiger partial charge in [-0.2, -0.15) is 0 Å². The van der Waals surface area contributed by atoms with Crippen LogP contribution < -0.4 is 10.0 Å². The van der Waals surface area contributed by atoms with Gasteiger partial charge in [-0.15, -0.1) is 11.3 Å². The summed E-state index contributed by atoms with van der Waals surface area (Å²) in [5.74, 6) is 0.147. The Morgan fingerprint density at radius 1 is 1.17 bits per heavy atom. The molecule has 0 bridgehead atoms. The van der Waals surface area contributed by atoms with Crippen molar-refractivity contribution in [1.29, 1.82) is 0 Å². The maximum atomic E-state index is 12.4. The van der Waals surface area contributed by atoms with Gasteiger partial charge < -0.3 is 5.32 Å². The van der Waals surface area contributed by atoms with Gasteiger partial charge in [0.25, 0.3) is 10.0 Å². The van der Waals surface area contributed by atoms with Crippen molar-refractivity contribution in [3.63, 3.8) is 0 Å². The van der Waals surface area contributed by atoms with E-state index in [0.29, 0.717) is 17.8 Å². The molecule has 0 fully saturated rings. The van der Waals surface area contributed by atoms with E-state index >= 15 is 0 Å². The zero-order valence-corrected chi connectivity index (χ0v) is 14.6. The molecule has 1 aliphatic rings. The van der Waals surface area contributed by atoms with E-state index in [4.69, 9.17) is 0 Å². The minimum atomic E-state index is -3.64. The number of allylic oxidation sites excluding steroid dienone is 2. The third kappa shape index (κ3) is 4.04. The molecule has 0 spiro atoms. The molecular formula is C17H18N2O3S2. The lowest BCUT2D eigenvalue weighted by molar-refractivity contribution is -0.116. The quantitative estimate of drug-likeness (QED) is 0.767. The van der Waals surface area contributed by atoms with Crippen molar-refractivity contribution in [2.75, 3.05) is 10.0 Å². The topological polar surface area (TPSA) is 75.3 Å². The Bertz CT molecular complexity index is 842. The highest BCUT2D eigenvalue weighted by Crippen LogP contribution is 2.27. The highest BCUT2D eigenvalue weighted by molar-refractivity contribution is 7.94. The highest BCUT2D eigenvalue weighted by atomic mass is 32.2. The molecule has 3 rings (SSSR count). The number of para-hydroxylation sites is 2. The molecule has 0 saturated heterocycles. The summed E-state index contributed by atoms with van der Waals surface area (Å²) in [6, 6.07) is 10.0. The number of sulfonamides is 1. The van der Waals surface area contributed by atoms with Crippen molar-refractivity contribution in [2.45, 2.75) is 23.5 Å². The molecule has 0 saturated carbocycles. The molecule has 1 aromatic heterocycles. The third-order valence-corrected chi connectivity index (χ3v) is 6.53. The van der Waals surface area contributed by atoms with Crippen molar-refractivity contribution < 1.29 is 13.2 Å². The molecular weight excluding hydrogens is 344 g/mol. The Morgan fingerprint density at radius 2 is 1.96 bits per heavy atom. The van der Waals surface area contributed by atoms with Crippen LogP contribution in [-0.2, 0) is 14.8 Å². The maximum Gasteiger partial charge on any atom is 0.271 e. The van der Waals surface area contributed by atoms with Crippen molar-refractivity contribution in [3.8, 4) is 0 Å². The second-order valence-corrected chi connectivity index (χ2v) is 8.46. The fourth-order valence-corrected chi connectivity index (χ4v) is 4.67. The Kier molecular flexibility index (Phi) is 5.01. The second-order valence-electron chi connectivity index (χ2n) is 5.60. The van der Waals surface area contributed by atoms with Gasteiger partial charge in [-0.05, 0) is 42.3 Å². The number of carbonyl (C=O) groups is 1. The highest BCUT2D eigenvalue weighted by Gasteiger charge is 2.19. The molecule has 1 aliphatic carbocycles. The lowest BCUT2D eigenvalue weighted by atomic mass is 10.1. The van der Waals surface area contributed by atoms with Crippen LogP contribution in [0.5, 0.6) is 0 Å². The van der Waals surface area contributed by atoms with Gasteiger partial charge in [0, 0.05) is 6.42 Å². The van der Waals surface area contributed by atoms with Crippen LogP contribution >= 0.6 is 11.3 Å². The molecule has 0 aliphatic heterocycles. The monoisotopic (exact) mass is 362 g/mol. The Balaban J connectivity index is 1.73. The van der Waals surface area contributed by atoms with Crippen LogP contribution in [0, 0.1) is 5.92 Å². The number of hydrogen-bond acceptors (Lipinski definition) is 4. The number of amides is 1. The standard InChI is InChI=1S/C17H18N2O3S2/c20-16(12-13-6-1-2-7-13)18-14-8-3-4-9-15(14)19-24(21,22)17-10-5-11-23-17/h1,3-6,8-11,13,19H,2,7,12H2,(H,18,20). The van der Waals surface area contributed by atoms with E-state index in [9.17, 15) is 13.2 Å². The largest absolute Gasteiger partial charge is 0.324 e. The zero-order valence-electron chi connectivity index (χ0n) is 12.9. The maximum absolute atomic E-state index is 12.4. The van der Waals surface area contributed by atoms with E-state index in [-0.39, 0.29) is 16.0 Å². The van der Waals surface area contributed by atoms with Gasteiger partial charge in [-0.1, -0.05) is 30.4 Å². The molecule has 24 heavy (non-hydrogen) atoms. The normalized spacial score (nSPS) is 16.9. The number of anilines is 2. The molecule has 1 heterocycles. The predicted octanol–water partition coefficient (Wildman–Crippen LogP) is 3.84. The number of thiophene rings is 1. The molecule has 126 valence electrons. The van der Waals surface area contributed by atoms with E-state index < -0.39 is 10.0 Å². The Hall–Kier alpha value is -2.12. The summed E-state index contributed by atoms with van der Waals surface area (Å²) in [7, 11) is -3.64. The molecule has 7 heteroatoms. The summed E-state index contributed by atoms with van der Waals surface area (Å²) in [5, 5.41) is 4.51. The number of benzene rings is 1. The number of nitrogens with one attached hydrogen (secondary N) is 2. The van der Waals surface area contributed by atoms with E-state index in [1.54, 1.807) is 41.8 Å². The minimum absolute atomic E-state index is 0.116. The van der Waals surface area contributed by atoms with Crippen LogP contribution in [0.1, 0.15) is 19.3 Å². The van der Waals surface area contributed by atoms with Crippen LogP contribution in [0.15, 0.2) is 58.1 Å². The van der Waals surface area contributed by atoms with Gasteiger partial charge in [0.05, 0.1) is 11.4 Å². The van der Waals surface area contributed by atoms with Gasteiger partial charge in [0.15, 0.2) is 0 Å². The summed E-state index contributed by atoms with van der Waals surface area (Å²) in [6.45, 7) is 0. The zero-order chi connectivity index (χ0) is 17.0. The number of rotatable bonds is 6. The predicted molar refractivity (Wildman–Crippen MR) is 96.7 cm³/mol. The van der Waals surface area contributed by atoms with Gasteiger partial charge >= 0.3 is 0 Å². The summed E-state index contributed by atoms with van der Waals surface area (Å²) in [5.41, 5.74) is 0.825. The summed E-state index contributed by atoms with van der Waals surface area (Å²) in [4.78, 5) is 12.2. The average Bonchev–Trinajstić information content (AvgIpc) is 3.22. The minimum Gasteiger partial charge on any atom is -0.324 e. The smallest absolute Gasteiger partial charge is 0.271 e. The van der Waals surface area contributed by atoms with Crippen molar-refractivity contribution in [2.24, 2.45) is 5.92 Å². The summed E-state index contributed by atoms with van der Waals surface area (Å²) in [6.07, 6.45) is 6.55. The summed E-state index contributed by atoms with van der Waals surface area (Å²) >= 11 is 1.14. The van der Waals surface area contributed by atoms with Crippen LogP contribution in [0.25, 0.3) is 0 Å². The average molecular weight is 362 g/mol. The number of hydrogen-bond donors (Lipinski definition) is 2. The van der Waals surface area contributed by atoms with E-state index in [1.165, 1.54) is 0 Å². The van der Waals surface area contributed by atoms with Crippen molar-refractivity contribution in [3.05, 3.63) is 53.9 Å². The first-order valence-corrected chi connectivity index (χ1v) is 10.0. The van der Waals surface area contributed by atoms with Crippen LogP contribution in [0.3, 0.4) is 0 Å². The molecule has 1 unspecified atom stereocenters. The van der Waals surface area contributed by atoms with E-state index in [1.807, 2.05) is 0 Å². The fourth-order valence-electron chi connectivity index (χ4n) is 2.60. The van der Waals surface area contributed by atoms with Crippen molar-refractivity contribution >= 4 is 38.6 Å². The molecule has 1 atom stereocenters. The second kappa shape index (κ2) is 7.19. The fraction of sp³-hybridized carbons (Fsp3) is 0.235. The SMILES string of the molecule is O=C(CC1C=CCC1)Nc1ccccc1NS(=O)(=O)c1cccs1. The van der Waals surface area contributed by atoms with E-state index in [0.717, 1.165) is 24.2 Å². The van der Waals surface area contributed by atoms with Crippen molar-refractivity contribution in [1.82, 2.24) is 0 Å². The van der Waals surface area contributed by atoms with Gasteiger partial charge in [-0.3, -0.25) is 9.52 Å². The molecule has 1 amide bonds. The molecule has 0 radical (unpaired) electrons. The Morgan fingerprint density at radius 3 is 2.62 bits per heavy atom. The first-order valence-electron chi connectivity index (χ1n) is 7.66. The lowest BCUT2D eigenvalue weighted by Crippen LogP contribution is -2.18. The lowest BCUT2D eigenvalue weighted by Gasteiger charge is -2.14. The first kappa shape index (κ1) is 16.7. The van der Waals surface area contributed by atoms with Crippen LogP contribution in [-0.4, -0.2) is 14.3 Å². The molecule has 2 N–H and O–H groups in total. The van der Waals surface area contributed by atoms with Crippen LogP contribution in [0.4, 0.5) is 11.4 Å². The molecule has 1 aromatic carbocycles. The van der Waals surface area contributed by atoms with Gasteiger partial charge in [0.2, 0.25) is 5.91 Å². The molecule has 5 nitrogen and oxygen atoms in total. The molecule has 2 aromatic rings. The van der Waals surface area contributed by atoms with Gasteiger partial charge in [0.1, 0.15) is 4.21 Å². The van der Waals surface area contributed by atoms with Gasteiger partial charge in [-0.25, -0.2) is 8.42 Å². The third-order valence-electron chi connectivity index (χ3n) is 3.77. The van der Waals surface area contributed by atoms with Crippen LogP contribution in [0.2, 0.25) is 0 Å². The van der Waals surface area contributed by atoms with E-state index in [2.05, 4.69) is 22.2 Å². The first-order chi connectivity index (χ1) is 11.5.